The molecule has 3 nitrogen and oxygen atoms in total. The maximum absolute atomic E-state index is 12.4. The number of carbonyl (C=O) groups is 1. The van der Waals surface area contributed by atoms with E-state index in [2.05, 4.69) is 10.3 Å². The molecule has 21 heavy (non-hydrogen) atoms. The number of rotatable bonds is 2. The predicted octanol–water partition coefficient (Wildman–Crippen LogP) is 4.39. The zero-order valence-electron chi connectivity index (χ0n) is 11.5. The fourth-order valence-corrected chi connectivity index (χ4v) is 4.50. The first-order valence-electron chi connectivity index (χ1n) is 7.39. The Bertz CT molecular complexity index is 724. The molecule has 0 unspecified atom stereocenters. The lowest BCUT2D eigenvalue weighted by molar-refractivity contribution is 0.0918. The SMILES string of the molecule is O=C(N[C@@H]1C[C@H]2CC[C@@H]1C2)c1cc2c(Cl)cc(Cl)cc2[nH]1. The van der Waals surface area contributed by atoms with Crippen LogP contribution in [0.3, 0.4) is 0 Å². The first kappa shape index (κ1) is 13.5. The number of hydrogen-bond acceptors (Lipinski definition) is 1. The van der Waals surface area contributed by atoms with Crippen LogP contribution in [0.25, 0.3) is 10.9 Å². The Morgan fingerprint density at radius 2 is 2.05 bits per heavy atom. The van der Waals surface area contributed by atoms with Gasteiger partial charge in [-0.1, -0.05) is 29.6 Å². The van der Waals surface area contributed by atoms with Gasteiger partial charge in [0.1, 0.15) is 5.69 Å². The van der Waals surface area contributed by atoms with E-state index in [1.165, 1.54) is 19.3 Å². The summed E-state index contributed by atoms with van der Waals surface area (Å²) in [6.45, 7) is 0. The zero-order valence-corrected chi connectivity index (χ0v) is 13.0. The van der Waals surface area contributed by atoms with Gasteiger partial charge in [-0.3, -0.25) is 4.79 Å². The summed E-state index contributed by atoms with van der Waals surface area (Å²) < 4.78 is 0. The Balaban J connectivity index is 1.58. The van der Waals surface area contributed by atoms with Gasteiger partial charge in [0.15, 0.2) is 0 Å². The fraction of sp³-hybridized carbons (Fsp3) is 0.438. The van der Waals surface area contributed by atoms with Gasteiger partial charge in [-0.2, -0.15) is 0 Å². The molecule has 1 amide bonds. The van der Waals surface area contributed by atoms with Crippen LogP contribution in [0.2, 0.25) is 10.0 Å². The number of aromatic amines is 1. The van der Waals surface area contributed by atoms with Gasteiger partial charge in [0.25, 0.3) is 5.91 Å². The summed E-state index contributed by atoms with van der Waals surface area (Å²) in [6.07, 6.45) is 4.99. The molecule has 1 aromatic carbocycles. The van der Waals surface area contributed by atoms with E-state index in [1.54, 1.807) is 18.2 Å². The van der Waals surface area contributed by atoms with Crippen molar-refractivity contribution in [2.24, 2.45) is 11.8 Å². The third-order valence-corrected chi connectivity index (χ3v) is 5.48. The molecule has 2 bridgehead atoms. The lowest BCUT2D eigenvalue weighted by Crippen LogP contribution is -2.38. The monoisotopic (exact) mass is 322 g/mol. The quantitative estimate of drug-likeness (QED) is 0.846. The summed E-state index contributed by atoms with van der Waals surface area (Å²) in [6, 6.07) is 5.62. The van der Waals surface area contributed by atoms with Gasteiger partial charge < -0.3 is 10.3 Å². The van der Waals surface area contributed by atoms with Crippen molar-refractivity contribution in [2.45, 2.75) is 31.7 Å². The molecule has 2 aromatic rings. The molecule has 4 rings (SSSR count). The highest BCUT2D eigenvalue weighted by atomic mass is 35.5. The zero-order chi connectivity index (χ0) is 14.6. The van der Waals surface area contributed by atoms with E-state index in [0.29, 0.717) is 27.7 Å². The van der Waals surface area contributed by atoms with Crippen molar-refractivity contribution < 1.29 is 4.79 Å². The predicted molar refractivity (Wildman–Crippen MR) is 85.0 cm³/mol. The highest BCUT2D eigenvalue weighted by Crippen LogP contribution is 2.44. The number of amides is 1. The molecule has 110 valence electrons. The van der Waals surface area contributed by atoms with Gasteiger partial charge in [0.2, 0.25) is 0 Å². The van der Waals surface area contributed by atoms with Crippen molar-refractivity contribution >= 4 is 40.0 Å². The lowest BCUT2D eigenvalue weighted by atomic mass is 9.95. The minimum Gasteiger partial charge on any atom is -0.350 e. The molecule has 2 saturated carbocycles. The van der Waals surface area contributed by atoms with Crippen LogP contribution in [0, 0.1) is 11.8 Å². The fourth-order valence-electron chi connectivity index (χ4n) is 3.95. The maximum atomic E-state index is 12.4. The van der Waals surface area contributed by atoms with Crippen molar-refractivity contribution in [2.75, 3.05) is 0 Å². The molecule has 0 aliphatic heterocycles. The van der Waals surface area contributed by atoms with E-state index >= 15 is 0 Å². The van der Waals surface area contributed by atoms with Gasteiger partial charge in [0, 0.05) is 22.0 Å². The normalized spacial score (nSPS) is 27.4. The molecule has 2 N–H and O–H groups in total. The molecule has 2 aliphatic carbocycles. The van der Waals surface area contributed by atoms with Crippen molar-refractivity contribution in [1.82, 2.24) is 10.3 Å². The Morgan fingerprint density at radius 1 is 1.19 bits per heavy atom. The topological polar surface area (TPSA) is 44.9 Å². The number of H-pyrrole nitrogens is 1. The van der Waals surface area contributed by atoms with Crippen molar-refractivity contribution in [1.29, 1.82) is 0 Å². The largest absolute Gasteiger partial charge is 0.350 e. The summed E-state index contributed by atoms with van der Waals surface area (Å²) >= 11 is 12.2. The maximum Gasteiger partial charge on any atom is 0.267 e. The second kappa shape index (κ2) is 4.92. The number of hydrogen-bond donors (Lipinski definition) is 2. The van der Waals surface area contributed by atoms with E-state index in [-0.39, 0.29) is 5.91 Å². The molecular formula is C16H16Cl2N2O. The first-order chi connectivity index (χ1) is 10.1. The summed E-state index contributed by atoms with van der Waals surface area (Å²) in [4.78, 5) is 15.5. The minimum absolute atomic E-state index is 0.0454. The van der Waals surface area contributed by atoms with E-state index in [1.807, 2.05) is 0 Å². The first-order valence-corrected chi connectivity index (χ1v) is 8.14. The highest BCUT2D eigenvalue weighted by molar-refractivity contribution is 6.38. The molecule has 0 radical (unpaired) electrons. The molecule has 2 aliphatic rings. The van der Waals surface area contributed by atoms with E-state index in [9.17, 15) is 4.79 Å². The molecule has 2 fully saturated rings. The van der Waals surface area contributed by atoms with Gasteiger partial charge in [-0.25, -0.2) is 0 Å². The Kier molecular flexibility index (Phi) is 3.16. The van der Waals surface area contributed by atoms with Crippen LogP contribution < -0.4 is 5.32 Å². The van der Waals surface area contributed by atoms with Gasteiger partial charge in [-0.05, 0) is 49.3 Å². The molecule has 1 aromatic heterocycles. The molecular weight excluding hydrogens is 307 g/mol. The van der Waals surface area contributed by atoms with Gasteiger partial charge in [-0.15, -0.1) is 0 Å². The summed E-state index contributed by atoms with van der Waals surface area (Å²) in [7, 11) is 0. The average Bonchev–Trinajstić information content (AvgIpc) is 3.11. The van der Waals surface area contributed by atoms with Crippen LogP contribution >= 0.6 is 23.2 Å². The van der Waals surface area contributed by atoms with Crippen LogP contribution in [0.4, 0.5) is 0 Å². The minimum atomic E-state index is -0.0454. The summed E-state index contributed by atoms with van der Waals surface area (Å²) in [5.74, 6) is 1.44. The molecule has 3 atom stereocenters. The average molecular weight is 323 g/mol. The van der Waals surface area contributed by atoms with Crippen LogP contribution in [0.5, 0.6) is 0 Å². The second-order valence-electron chi connectivity index (χ2n) is 6.29. The Morgan fingerprint density at radius 3 is 2.76 bits per heavy atom. The second-order valence-corrected chi connectivity index (χ2v) is 7.13. The molecule has 1 heterocycles. The number of benzene rings is 1. The number of aromatic nitrogens is 1. The van der Waals surface area contributed by atoms with E-state index in [0.717, 1.165) is 23.2 Å². The van der Waals surface area contributed by atoms with Gasteiger partial charge in [0.05, 0.1) is 5.02 Å². The van der Waals surface area contributed by atoms with E-state index in [4.69, 9.17) is 23.2 Å². The molecule has 5 heteroatoms. The van der Waals surface area contributed by atoms with Crippen molar-refractivity contribution in [3.8, 4) is 0 Å². The third kappa shape index (κ3) is 2.33. The van der Waals surface area contributed by atoms with Crippen LogP contribution in [0.15, 0.2) is 18.2 Å². The summed E-state index contributed by atoms with van der Waals surface area (Å²) in [5, 5.41) is 5.13. The number of nitrogens with one attached hydrogen (secondary N) is 2. The number of halogens is 2. The van der Waals surface area contributed by atoms with Crippen LogP contribution in [-0.2, 0) is 0 Å². The summed E-state index contributed by atoms with van der Waals surface area (Å²) in [5.41, 5.74) is 1.35. The third-order valence-electron chi connectivity index (χ3n) is 4.95. The van der Waals surface area contributed by atoms with E-state index < -0.39 is 0 Å². The molecule has 0 saturated heterocycles. The lowest BCUT2D eigenvalue weighted by Gasteiger charge is -2.22. The standard InChI is InChI=1S/C16H16Cl2N2O/c17-10-5-12(18)11-7-15(19-14(11)6-10)16(21)20-13-4-8-1-2-9(13)3-8/h5-9,13,19H,1-4H2,(H,20,21)/t8-,9+,13+/m0/s1. The Hall–Kier alpha value is -1.19. The highest BCUT2D eigenvalue weighted by Gasteiger charge is 2.40. The number of fused-ring (bicyclic) bond motifs is 3. The number of carbonyl (C=O) groups excluding carboxylic acids is 1. The van der Waals surface area contributed by atoms with Crippen molar-refractivity contribution in [3.63, 3.8) is 0 Å². The van der Waals surface area contributed by atoms with Crippen molar-refractivity contribution in [3.05, 3.63) is 33.9 Å². The molecule has 0 spiro atoms. The smallest absolute Gasteiger partial charge is 0.267 e. The van der Waals surface area contributed by atoms with Crippen LogP contribution in [0.1, 0.15) is 36.2 Å². The Labute approximate surface area is 133 Å². The van der Waals surface area contributed by atoms with Gasteiger partial charge >= 0.3 is 0 Å². The van der Waals surface area contributed by atoms with Crippen LogP contribution in [-0.4, -0.2) is 16.9 Å².